The summed E-state index contributed by atoms with van der Waals surface area (Å²) in [4.78, 5) is 28.2. The van der Waals surface area contributed by atoms with Crippen molar-refractivity contribution in [2.24, 2.45) is 0 Å². The minimum absolute atomic E-state index is 0.0426. The summed E-state index contributed by atoms with van der Waals surface area (Å²) in [5, 5.41) is 16.4. The maximum absolute atomic E-state index is 13.0. The van der Waals surface area contributed by atoms with Gasteiger partial charge in [0.05, 0.1) is 16.1 Å². The van der Waals surface area contributed by atoms with Crippen LogP contribution in [0.5, 0.6) is 0 Å². The summed E-state index contributed by atoms with van der Waals surface area (Å²) in [5.74, 6) is -0.536. The van der Waals surface area contributed by atoms with E-state index in [-0.39, 0.29) is 11.3 Å². The lowest BCUT2D eigenvalue weighted by atomic mass is 10.0. The van der Waals surface area contributed by atoms with E-state index < -0.39 is 10.8 Å². The number of aromatic nitrogens is 1. The molecule has 6 heteroatoms. The first-order chi connectivity index (χ1) is 12.6. The average molecular weight is 343 g/mol. The van der Waals surface area contributed by atoms with Crippen molar-refractivity contribution in [2.75, 3.05) is 5.32 Å². The van der Waals surface area contributed by atoms with E-state index >= 15 is 0 Å². The predicted molar refractivity (Wildman–Crippen MR) is 100 cm³/mol. The Morgan fingerprint density at radius 1 is 0.923 bits per heavy atom. The van der Waals surface area contributed by atoms with Gasteiger partial charge in [0, 0.05) is 23.0 Å². The summed E-state index contributed by atoms with van der Waals surface area (Å²) in [6.45, 7) is 0. The highest BCUT2D eigenvalue weighted by atomic mass is 16.6. The summed E-state index contributed by atoms with van der Waals surface area (Å²) in [7, 11) is 0. The third-order valence-electron chi connectivity index (χ3n) is 4.21. The van der Waals surface area contributed by atoms with Gasteiger partial charge in [-0.25, -0.2) is 0 Å². The van der Waals surface area contributed by atoms with Crippen LogP contribution in [-0.4, -0.2) is 15.8 Å². The number of fused-ring (bicyclic) bond motifs is 2. The van der Waals surface area contributed by atoms with Gasteiger partial charge in [0.2, 0.25) is 0 Å². The van der Waals surface area contributed by atoms with E-state index in [1.165, 1.54) is 6.07 Å². The van der Waals surface area contributed by atoms with Gasteiger partial charge in [0.15, 0.2) is 0 Å². The fraction of sp³-hybridized carbons (Fsp3) is 0. The number of anilines is 1. The van der Waals surface area contributed by atoms with Crippen LogP contribution in [0.1, 0.15) is 10.4 Å². The van der Waals surface area contributed by atoms with Crippen molar-refractivity contribution in [3.05, 3.63) is 88.6 Å². The molecule has 4 rings (SSSR count). The smallest absolute Gasteiger partial charge is 0.282 e. The summed E-state index contributed by atoms with van der Waals surface area (Å²) < 4.78 is 0. The van der Waals surface area contributed by atoms with Crippen LogP contribution in [0.15, 0.2) is 72.9 Å². The summed E-state index contributed by atoms with van der Waals surface area (Å²) in [5.41, 5.74) is 0.956. The summed E-state index contributed by atoms with van der Waals surface area (Å²) in [6.07, 6.45) is 1.64. The molecule has 1 N–H and O–H groups in total. The molecule has 6 nitrogen and oxygen atoms in total. The van der Waals surface area contributed by atoms with Crippen LogP contribution in [0.25, 0.3) is 21.7 Å². The first-order valence-electron chi connectivity index (χ1n) is 7.96. The highest BCUT2D eigenvalue weighted by Gasteiger charge is 2.23. The molecule has 0 aliphatic heterocycles. The Kier molecular flexibility index (Phi) is 3.78. The van der Waals surface area contributed by atoms with Crippen LogP contribution < -0.4 is 5.32 Å². The van der Waals surface area contributed by atoms with Crippen LogP contribution in [-0.2, 0) is 0 Å². The molecule has 1 aromatic heterocycles. The van der Waals surface area contributed by atoms with Crippen LogP contribution in [0, 0.1) is 10.1 Å². The minimum Gasteiger partial charge on any atom is -0.320 e. The number of hydrogen-bond acceptors (Lipinski definition) is 4. The first-order valence-corrected chi connectivity index (χ1v) is 7.96. The SMILES string of the molecule is O=C(Nc1cccc2cccnc12)c1c([N+](=O)[O-])ccc2ccccc12. The highest BCUT2D eigenvalue weighted by Crippen LogP contribution is 2.29. The van der Waals surface area contributed by atoms with Crippen molar-refractivity contribution in [1.29, 1.82) is 0 Å². The fourth-order valence-electron chi connectivity index (χ4n) is 3.04. The zero-order chi connectivity index (χ0) is 18.1. The second-order valence-corrected chi connectivity index (χ2v) is 5.77. The van der Waals surface area contributed by atoms with E-state index in [0.717, 1.165) is 10.8 Å². The third kappa shape index (κ3) is 2.63. The van der Waals surface area contributed by atoms with Gasteiger partial charge in [0.25, 0.3) is 11.6 Å². The summed E-state index contributed by atoms with van der Waals surface area (Å²) >= 11 is 0. The number of nitro groups is 1. The molecule has 0 aliphatic carbocycles. The Hall–Kier alpha value is -3.80. The third-order valence-corrected chi connectivity index (χ3v) is 4.21. The normalized spacial score (nSPS) is 10.8. The maximum Gasteiger partial charge on any atom is 0.282 e. The number of carbonyl (C=O) groups excluding carboxylic acids is 1. The Bertz CT molecular complexity index is 1170. The van der Waals surface area contributed by atoms with Gasteiger partial charge in [-0.3, -0.25) is 19.9 Å². The molecule has 0 fully saturated rings. The predicted octanol–water partition coefficient (Wildman–Crippen LogP) is 4.55. The first kappa shape index (κ1) is 15.7. The van der Waals surface area contributed by atoms with E-state index in [1.54, 1.807) is 36.5 Å². The molecule has 1 heterocycles. The Balaban J connectivity index is 1.86. The van der Waals surface area contributed by atoms with Crippen LogP contribution in [0.2, 0.25) is 0 Å². The average Bonchev–Trinajstić information content (AvgIpc) is 2.67. The van der Waals surface area contributed by atoms with Crippen molar-refractivity contribution in [3.8, 4) is 0 Å². The molecule has 26 heavy (non-hydrogen) atoms. The molecule has 126 valence electrons. The highest BCUT2D eigenvalue weighted by molar-refractivity contribution is 6.17. The molecule has 4 aromatic rings. The lowest BCUT2D eigenvalue weighted by molar-refractivity contribution is -0.385. The van der Waals surface area contributed by atoms with Gasteiger partial charge in [-0.1, -0.05) is 42.5 Å². The molecular weight excluding hydrogens is 330 g/mol. The van der Waals surface area contributed by atoms with Crippen molar-refractivity contribution in [1.82, 2.24) is 4.98 Å². The van der Waals surface area contributed by atoms with Crippen LogP contribution in [0.4, 0.5) is 11.4 Å². The van der Waals surface area contributed by atoms with E-state index in [1.807, 2.05) is 30.3 Å². The lowest BCUT2D eigenvalue weighted by Gasteiger charge is -2.10. The molecule has 0 bridgehead atoms. The number of rotatable bonds is 3. The maximum atomic E-state index is 13.0. The molecule has 0 saturated heterocycles. The van der Waals surface area contributed by atoms with Gasteiger partial charge >= 0.3 is 0 Å². The Morgan fingerprint density at radius 3 is 2.54 bits per heavy atom. The summed E-state index contributed by atoms with van der Waals surface area (Å²) in [6, 6.07) is 19.2. The van der Waals surface area contributed by atoms with Crippen molar-refractivity contribution in [2.45, 2.75) is 0 Å². The number of pyridine rings is 1. The number of nitrogens with zero attached hydrogens (tertiary/aromatic N) is 2. The number of amides is 1. The standard InChI is InChI=1S/C20H13N3O3/c24-20(22-16-9-3-6-14-7-4-12-21-19(14)16)18-15-8-2-1-5-13(15)10-11-17(18)23(25)26/h1-12H,(H,22,24). The lowest BCUT2D eigenvalue weighted by Crippen LogP contribution is -2.15. The largest absolute Gasteiger partial charge is 0.320 e. The molecule has 0 radical (unpaired) electrons. The van der Waals surface area contributed by atoms with Crippen molar-refractivity contribution < 1.29 is 9.72 Å². The van der Waals surface area contributed by atoms with E-state index in [2.05, 4.69) is 10.3 Å². The number of nitrogens with one attached hydrogen (secondary N) is 1. The zero-order valence-corrected chi connectivity index (χ0v) is 13.5. The van der Waals surface area contributed by atoms with Crippen LogP contribution in [0.3, 0.4) is 0 Å². The van der Waals surface area contributed by atoms with Crippen molar-refractivity contribution >= 4 is 39.0 Å². The quantitative estimate of drug-likeness (QED) is 0.437. The van der Waals surface area contributed by atoms with Gasteiger partial charge in [-0.05, 0) is 23.6 Å². The Labute approximate surface area is 148 Å². The zero-order valence-electron chi connectivity index (χ0n) is 13.5. The molecule has 0 spiro atoms. The van der Waals surface area contributed by atoms with Gasteiger partial charge in [-0.2, -0.15) is 0 Å². The molecule has 0 unspecified atom stereocenters. The van der Waals surface area contributed by atoms with Gasteiger partial charge in [-0.15, -0.1) is 0 Å². The number of hydrogen-bond donors (Lipinski definition) is 1. The molecule has 0 atom stereocenters. The Morgan fingerprint density at radius 2 is 1.69 bits per heavy atom. The monoisotopic (exact) mass is 343 g/mol. The van der Waals surface area contributed by atoms with Gasteiger partial charge in [0.1, 0.15) is 5.56 Å². The minimum atomic E-state index is -0.539. The molecule has 0 saturated carbocycles. The van der Waals surface area contributed by atoms with Crippen LogP contribution >= 0.6 is 0 Å². The number of nitro benzene ring substituents is 1. The number of para-hydroxylation sites is 1. The molecule has 0 aliphatic rings. The van der Waals surface area contributed by atoms with Crippen molar-refractivity contribution in [3.63, 3.8) is 0 Å². The van der Waals surface area contributed by atoms with E-state index in [4.69, 9.17) is 0 Å². The van der Waals surface area contributed by atoms with E-state index in [0.29, 0.717) is 16.6 Å². The molecule has 1 amide bonds. The number of carbonyl (C=O) groups is 1. The van der Waals surface area contributed by atoms with Gasteiger partial charge < -0.3 is 5.32 Å². The molecule has 3 aromatic carbocycles. The fourth-order valence-corrected chi connectivity index (χ4v) is 3.04. The number of benzene rings is 3. The second-order valence-electron chi connectivity index (χ2n) is 5.77. The topological polar surface area (TPSA) is 85.1 Å². The second kappa shape index (κ2) is 6.25. The molecular formula is C20H13N3O3. The van der Waals surface area contributed by atoms with E-state index in [9.17, 15) is 14.9 Å².